The van der Waals surface area contributed by atoms with Gasteiger partial charge in [0.15, 0.2) is 0 Å². The fraction of sp³-hybridized carbons (Fsp3) is 0.300. The Balaban J connectivity index is 2.95. The lowest BCUT2D eigenvalue weighted by Gasteiger charge is -2.05. The average molecular weight is 223 g/mol. The third-order valence-corrected chi connectivity index (χ3v) is 1.85. The minimum absolute atomic E-state index is 0.0231. The summed E-state index contributed by atoms with van der Waals surface area (Å²) in [6, 6.07) is 2.89. The van der Waals surface area contributed by atoms with Gasteiger partial charge in [0.05, 0.1) is 4.92 Å². The quantitative estimate of drug-likeness (QED) is 0.469. The second-order valence-electron chi connectivity index (χ2n) is 2.91. The SMILES string of the molecule is C/C=C/COc1nc(NC)ccc1[N+](=O)[O-]. The van der Waals surface area contributed by atoms with E-state index in [1.54, 1.807) is 19.2 Å². The van der Waals surface area contributed by atoms with Crippen molar-refractivity contribution in [2.45, 2.75) is 6.92 Å². The molecule has 0 aliphatic heterocycles. The Morgan fingerprint density at radius 1 is 1.62 bits per heavy atom. The van der Waals surface area contributed by atoms with Crippen molar-refractivity contribution >= 4 is 11.5 Å². The van der Waals surface area contributed by atoms with Gasteiger partial charge in [0, 0.05) is 13.1 Å². The van der Waals surface area contributed by atoms with E-state index in [1.807, 2.05) is 6.92 Å². The molecule has 1 rings (SSSR count). The van der Waals surface area contributed by atoms with Gasteiger partial charge in [-0.3, -0.25) is 10.1 Å². The first-order valence-electron chi connectivity index (χ1n) is 4.76. The molecule has 1 N–H and O–H groups in total. The number of allylic oxidation sites excluding steroid dienone is 1. The molecule has 0 atom stereocenters. The number of rotatable bonds is 5. The van der Waals surface area contributed by atoms with Crippen LogP contribution in [0.3, 0.4) is 0 Å². The Labute approximate surface area is 93.1 Å². The van der Waals surface area contributed by atoms with Gasteiger partial charge in [0.1, 0.15) is 12.4 Å². The van der Waals surface area contributed by atoms with E-state index in [0.717, 1.165) is 0 Å². The van der Waals surface area contributed by atoms with Gasteiger partial charge >= 0.3 is 5.69 Å². The molecule has 1 heterocycles. The summed E-state index contributed by atoms with van der Waals surface area (Å²) >= 11 is 0. The summed E-state index contributed by atoms with van der Waals surface area (Å²) in [5, 5.41) is 13.5. The van der Waals surface area contributed by atoms with Crippen LogP contribution < -0.4 is 10.1 Å². The fourth-order valence-corrected chi connectivity index (χ4v) is 1.04. The van der Waals surface area contributed by atoms with Gasteiger partial charge in [-0.05, 0) is 13.0 Å². The third kappa shape index (κ3) is 2.94. The van der Waals surface area contributed by atoms with Crippen molar-refractivity contribution in [2.24, 2.45) is 0 Å². The van der Waals surface area contributed by atoms with Gasteiger partial charge in [-0.2, -0.15) is 4.98 Å². The Morgan fingerprint density at radius 2 is 2.38 bits per heavy atom. The smallest absolute Gasteiger partial charge is 0.331 e. The monoisotopic (exact) mass is 223 g/mol. The molecule has 0 saturated carbocycles. The molecule has 0 aliphatic rings. The molecule has 0 amide bonds. The molecule has 0 saturated heterocycles. The highest BCUT2D eigenvalue weighted by Gasteiger charge is 2.16. The van der Waals surface area contributed by atoms with Gasteiger partial charge in [-0.1, -0.05) is 12.2 Å². The van der Waals surface area contributed by atoms with Gasteiger partial charge in [-0.15, -0.1) is 0 Å². The third-order valence-electron chi connectivity index (χ3n) is 1.85. The van der Waals surface area contributed by atoms with Gasteiger partial charge in [0.2, 0.25) is 0 Å². The molecule has 6 nitrogen and oxygen atoms in total. The zero-order valence-electron chi connectivity index (χ0n) is 9.14. The van der Waals surface area contributed by atoms with E-state index >= 15 is 0 Å². The Hall–Kier alpha value is -2.11. The first kappa shape index (κ1) is 12.0. The zero-order chi connectivity index (χ0) is 12.0. The molecular weight excluding hydrogens is 210 g/mol. The van der Waals surface area contributed by atoms with Crippen LogP contribution in [0.1, 0.15) is 6.92 Å². The molecule has 0 radical (unpaired) electrons. The predicted molar refractivity (Wildman–Crippen MR) is 60.7 cm³/mol. The molecule has 0 fully saturated rings. The maximum atomic E-state index is 10.7. The molecular formula is C10H13N3O3. The van der Waals surface area contributed by atoms with Crippen molar-refractivity contribution in [1.82, 2.24) is 4.98 Å². The topological polar surface area (TPSA) is 77.3 Å². The molecule has 86 valence electrons. The van der Waals surface area contributed by atoms with Crippen LogP contribution in [-0.4, -0.2) is 23.6 Å². The Bertz CT molecular complexity index is 404. The van der Waals surface area contributed by atoms with Crippen molar-refractivity contribution in [3.8, 4) is 5.88 Å². The first-order chi connectivity index (χ1) is 7.69. The summed E-state index contributed by atoms with van der Waals surface area (Å²) < 4.78 is 5.20. The summed E-state index contributed by atoms with van der Waals surface area (Å²) in [4.78, 5) is 14.2. The zero-order valence-corrected chi connectivity index (χ0v) is 9.14. The molecule has 16 heavy (non-hydrogen) atoms. The van der Waals surface area contributed by atoms with Crippen LogP contribution >= 0.6 is 0 Å². The molecule has 1 aromatic heterocycles. The minimum atomic E-state index is -0.516. The summed E-state index contributed by atoms with van der Waals surface area (Å²) in [5.41, 5.74) is -0.136. The standard InChI is InChI=1S/C10H13N3O3/c1-3-4-7-16-10-8(13(14)15)5-6-9(11-2)12-10/h3-6H,7H2,1-2H3,(H,11,12)/b4-3+. The molecule has 0 unspecified atom stereocenters. The van der Waals surface area contributed by atoms with Gasteiger partial charge in [-0.25, -0.2) is 0 Å². The lowest BCUT2D eigenvalue weighted by Crippen LogP contribution is -2.02. The van der Waals surface area contributed by atoms with Crippen LogP contribution in [0.4, 0.5) is 11.5 Å². The highest BCUT2D eigenvalue weighted by Crippen LogP contribution is 2.25. The van der Waals surface area contributed by atoms with Crippen molar-refractivity contribution in [2.75, 3.05) is 19.0 Å². The van der Waals surface area contributed by atoms with E-state index in [4.69, 9.17) is 4.74 Å². The molecule has 6 heteroatoms. The number of aromatic nitrogens is 1. The fourth-order valence-electron chi connectivity index (χ4n) is 1.04. The van der Waals surface area contributed by atoms with E-state index < -0.39 is 4.92 Å². The summed E-state index contributed by atoms with van der Waals surface area (Å²) in [6.07, 6.45) is 3.55. The lowest BCUT2D eigenvalue weighted by molar-refractivity contribution is -0.386. The van der Waals surface area contributed by atoms with Gasteiger partial charge < -0.3 is 10.1 Å². The highest BCUT2D eigenvalue weighted by atomic mass is 16.6. The number of ether oxygens (including phenoxy) is 1. The van der Waals surface area contributed by atoms with Crippen LogP contribution in [0, 0.1) is 10.1 Å². The second-order valence-corrected chi connectivity index (χ2v) is 2.91. The number of hydrogen-bond acceptors (Lipinski definition) is 5. The van der Waals surface area contributed by atoms with Crippen LogP contribution in [0.25, 0.3) is 0 Å². The normalized spacial score (nSPS) is 10.4. The number of nitrogens with zero attached hydrogens (tertiary/aromatic N) is 2. The van der Waals surface area contributed by atoms with Gasteiger partial charge in [0.25, 0.3) is 5.88 Å². The predicted octanol–water partition coefficient (Wildman–Crippen LogP) is 1.99. The van der Waals surface area contributed by atoms with Crippen LogP contribution in [-0.2, 0) is 0 Å². The molecule has 0 bridgehead atoms. The van der Waals surface area contributed by atoms with E-state index in [0.29, 0.717) is 5.82 Å². The van der Waals surface area contributed by atoms with E-state index in [2.05, 4.69) is 10.3 Å². The van der Waals surface area contributed by atoms with Crippen molar-refractivity contribution in [1.29, 1.82) is 0 Å². The summed E-state index contributed by atoms with van der Waals surface area (Å²) in [7, 11) is 1.68. The van der Waals surface area contributed by atoms with Crippen molar-refractivity contribution in [3.05, 3.63) is 34.4 Å². The number of hydrogen-bond donors (Lipinski definition) is 1. The molecule has 1 aromatic rings. The van der Waals surface area contributed by atoms with Crippen molar-refractivity contribution < 1.29 is 9.66 Å². The average Bonchev–Trinajstić information content (AvgIpc) is 2.29. The molecule has 0 aliphatic carbocycles. The van der Waals surface area contributed by atoms with Crippen LogP contribution in [0.5, 0.6) is 5.88 Å². The number of nitrogens with one attached hydrogen (secondary N) is 1. The molecule has 0 aromatic carbocycles. The maximum Gasteiger partial charge on any atom is 0.331 e. The number of pyridine rings is 1. The number of nitro groups is 1. The van der Waals surface area contributed by atoms with Crippen LogP contribution in [0.2, 0.25) is 0 Å². The summed E-state index contributed by atoms with van der Waals surface area (Å²) in [5.74, 6) is 0.552. The van der Waals surface area contributed by atoms with E-state index in [9.17, 15) is 10.1 Å². The Kier molecular flexibility index (Phi) is 4.26. The summed E-state index contributed by atoms with van der Waals surface area (Å²) in [6.45, 7) is 2.10. The number of anilines is 1. The largest absolute Gasteiger partial charge is 0.469 e. The van der Waals surface area contributed by atoms with Crippen molar-refractivity contribution in [3.63, 3.8) is 0 Å². The molecule has 0 spiro atoms. The lowest BCUT2D eigenvalue weighted by atomic mass is 10.4. The first-order valence-corrected chi connectivity index (χ1v) is 4.76. The second kappa shape index (κ2) is 5.69. The highest BCUT2D eigenvalue weighted by molar-refractivity contribution is 5.48. The Morgan fingerprint density at radius 3 is 2.94 bits per heavy atom. The maximum absolute atomic E-state index is 10.7. The van der Waals surface area contributed by atoms with Crippen LogP contribution in [0.15, 0.2) is 24.3 Å². The van der Waals surface area contributed by atoms with E-state index in [-0.39, 0.29) is 18.2 Å². The van der Waals surface area contributed by atoms with E-state index in [1.165, 1.54) is 12.1 Å². The minimum Gasteiger partial charge on any atom is -0.469 e.